The van der Waals surface area contributed by atoms with Crippen LogP contribution in [0.5, 0.6) is 0 Å². The first-order chi connectivity index (χ1) is 6.97. The third-order valence-electron chi connectivity index (χ3n) is 2.23. The summed E-state index contributed by atoms with van der Waals surface area (Å²) in [6, 6.07) is 6.95. The lowest BCUT2D eigenvalue weighted by molar-refractivity contribution is 0.216. The molecule has 0 bridgehead atoms. The summed E-state index contributed by atoms with van der Waals surface area (Å²) in [4.78, 5) is 0.534. The van der Waals surface area contributed by atoms with Crippen molar-refractivity contribution >= 4 is 11.8 Å². The number of aliphatic hydroxyl groups excluding tert-OH is 1. The van der Waals surface area contributed by atoms with Crippen LogP contribution in [0.15, 0.2) is 29.2 Å². The fourth-order valence-electron chi connectivity index (χ4n) is 1.31. The smallest absolute Gasteiger partial charge is 0.288 e. The van der Waals surface area contributed by atoms with Crippen LogP contribution in [0.1, 0.15) is 19.4 Å². The van der Waals surface area contributed by atoms with Crippen LogP contribution in [0.25, 0.3) is 0 Å². The van der Waals surface area contributed by atoms with Crippen molar-refractivity contribution in [2.45, 2.75) is 29.9 Å². The normalized spacial score (nSPS) is 12.1. The van der Waals surface area contributed by atoms with Crippen LogP contribution >= 0.6 is 11.8 Å². The number of hydrogen-bond donors (Lipinski definition) is 1. The third kappa shape index (κ3) is 3.18. The standard InChI is InChI=1S/C11H14F2OS/c1-11(2,7-14)8-5-3-4-6-9(8)15-10(12)13/h3-6,10,14H,7H2,1-2H3. The van der Waals surface area contributed by atoms with Crippen molar-refractivity contribution in [3.05, 3.63) is 29.8 Å². The van der Waals surface area contributed by atoms with Gasteiger partial charge in [0.05, 0.1) is 6.61 Å². The first kappa shape index (κ1) is 12.5. The molecule has 1 rings (SSSR count). The zero-order valence-electron chi connectivity index (χ0n) is 8.71. The van der Waals surface area contributed by atoms with E-state index in [2.05, 4.69) is 0 Å². The molecular weight excluding hydrogens is 218 g/mol. The second-order valence-corrected chi connectivity index (χ2v) is 4.95. The Bertz CT molecular complexity index is 326. The largest absolute Gasteiger partial charge is 0.395 e. The molecule has 15 heavy (non-hydrogen) atoms. The van der Waals surface area contributed by atoms with Crippen molar-refractivity contribution in [3.8, 4) is 0 Å². The van der Waals surface area contributed by atoms with E-state index in [9.17, 15) is 13.9 Å². The molecule has 1 aromatic rings. The van der Waals surface area contributed by atoms with Gasteiger partial charge in [0.2, 0.25) is 0 Å². The van der Waals surface area contributed by atoms with E-state index in [-0.39, 0.29) is 6.61 Å². The number of alkyl halides is 2. The second-order valence-electron chi connectivity index (χ2n) is 3.92. The van der Waals surface area contributed by atoms with Gasteiger partial charge in [-0.15, -0.1) is 0 Å². The molecule has 1 nitrogen and oxygen atoms in total. The van der Waals surface area contributed by atoms with Crippen LogP contribution in [-0.2, 0) is 5.41 Å². The highest BCUT2D eigenvalue weighted by Crippen LogP contribution is 2.35. The van der Waals surface area contributed by atoms with Gasteiger partial charge in [0.1, 0.15) is 0 Å². The van der Waals surface area contributed by atoms with Gasteiger partial charge in [-0.2, -0.15) is 8.78 Å². The Balaban J connectivity index is 3.06. The van der Waals surface area contributed by atoms with Crippen LogP contribution in [-0.4, -0.2) is 17.5 Å². The first-order valence-corrected chi connectivity index (χ1v) is 5.50. The van der Waals surface area contributed by atoms with Gasteiger partial charge in [-0.05, 0) is 11.6 Å². The van der Waals surface area contributed by atoms with Crippen molar-refractivity contribution < 1.29 is 13.9 Å². The van der Waals surface area contributed by atoms with E-state index in [1.165, 1.54) is 0 Å². The minimum Gasteiger partial charge on any atom is -0.395 e. The Labute approximate surface area is 92.5 Å². The van der Waals surface area contributed by atoms with Crippen molar-refractivity contribution in [2.75, 3.05) is 6.61 Å². The Hall–Kier alpha value is -0.610. The average molecular weight is 232 g/mol. The molecule has 0 aliphatic rings. The summed E-state index contributed by atoms with van der Waals surface area (Å²) in [5.41, 5.74) is 0.274. The number of hydrogen-bond acceptors (Lipinski definition) is 2. The highest BCUT2D eigenvalue weighted by molar-refractivity contribution is 7.99. The molecule has 0 saturated carbocycles. The summed E-state index contributed by atoms with van der Waals surface area (Å²) < 4.78 is 24.6. The minimum absolute atomic E-state index is 0.0617. The van der Waals surface area contributed by atoms with Crippen LogP contribution in [0.3, 0.4) is 0 Å². The molecule has 0 unspecified atom stereocenters. The Morgan fingerprint density at radius 1 is 1.33 bits per heavy atom. The third-order valence-corrected chi connectivity index (χ3v) is 3.02. The van der Waals surface area contributed by atoms with Crippen molar-refractivity contribution in [2.24, 2.45) is 0 Å². The zero-order chi connectivity index (χ0) is 11.5. The topological polar surface area (TPSA) is 20.2 Å². The fraction of sp³-hybridized carbons (Fsp3) is 0.455. The van der Waals surface area contributed by atoms with Crippen molar-refractivity contribution in [1.82, 2.24) is 0 Å². The molecule has 0 aromatic heterocycles. The maximum absolute atomic E-state index is 12.3. The maximum Gasteiger partial charge on any atom is 0.288 e. The van der Waals surface area contributed by atoms with E-state index in [0.29, 0.717) is 16.7 Å². The number of aliphatic hydroxyl groups is 1. The molecule has 0 aliphatic heterocycles. The minimum atomic E-state index is -2.43. The Morgan fingerprint density at radius 3 is 2.47 bits per heavy atom. The summed E-state index contributed by atoms with van der Waals surface area (Å²) >= 11 is 0.523. The van der Waals surface area contributed by atoms with Gasteiger partial charge in [0, 0.05) is 10.3 Å². The molecule has 84 valence electrons. The van der Waals surface area contributed by atoms with Crippen LogP contribution < -0.4 is 0 Å². The number of thioether (sulfide) groups is 1. The van der Waals surface area contributed by atoms with E-state index in [1.54, 1.807) is 24.3 Å². The molecule has 0 spiro atoms. The summed E-state index contributed by atoms with van der Waals surface area (Å²) in [6.45, 7) is 3.60. The van der Waals surface area contributed by atoms with Crippen LogP contribution in [0.2, 0.25) is 0 Å². The van der Waals surface area contributed by atoms with Gasteiger partial charge in [0.25, 0.3) is 5.76 Å². The van der Waals surface area contributed by atoms with Crippen LogP contribution in [0, 0.1) is 0 Å². The maximum atomic E-state index is 12.3. The van der Waals surface area contributed by atoms with E-state index in [1.807, 2.05) is 13.8 Å². The summed E-state index contributed by atoms with van der Waals surface area (Å²) in [5, 5.41) is 9.21. The monoisotopic (exact) mass is 232 g/mol. The molecule has 0 amide bonds. The fourth-order valence-corrected chi connectivity index (χ4v) is 2.13. The molecule has 0 fully saturated rings. The lowest BCUT2D eigenvalue weighted by Crippen LogP contribution is -2.22. The van der Waals surface area contributed by atoms with Gasteiger partial charge in [-0.1, -0.05) is 43.8 Å². The second kappa shape index (κ2) is 4.94. The van der Waals surface area contributed by atoms with E-state index in [4.69, 9.17) is 0 Å². The molecule has 0 atom stereocenters. The molecule has 4 heteroatoms. The number of benzene rings is 1. The van der Waals surface area contributed by atoms with Crippen molar-refractivity contribution in [3.63, 3.8) is 0 Å². The SMILES string of the molecule is CC(C)(CO)c1ccccc1SC(F)F. The molecule has 1 aromatic carbocycles. The van der Waals surface area contributed by atoms with E-state index >= 15 is 0 Å². The Morgan fingerprint density at radius 2 is 1.93 bits per heavy atom. The van der Waals surface area contributed by atoms with Gasteiger partial charge in [-0.3, -0.25) is 0 Å². The molecular formula is C11H14F2OS. The summed E-state index contributed by atoms with van der Waals surface area (Å²) in [6.07, 6.45) is 0. The van der Waals surface area contributed by atoms with Crippen LogP contribution in [0.4, 0.5) is 8.78 Å². The average Bonchev–Trinajstić information content (AvgIpc) is 2.17. The van der Waals surface area contributed by atoms with Crippen molar-refractivity contribution in [1.29, 1.82) is 0 Å². The number of rotatable bonds is 4. The Kier molecular flexibility index (Phi) is 4.11. The van der Waals surface area contributed by atoms with Gasteiger partial charge >= 0.3 is 0 Å². The van der Waals surface area contributed by atoms with E-state index in [0.717, 1.165) is 5.56 Å². The molecule has 1 N–H and O–H groups in total. The lowest BCUT2D eigenvalue weighted by Gasteiger charge is -2.24. The predicted octanol–water partition coefficient (Wildman–Crippen LogP) is 3.27. The zero-order valence-corrected chi connectivity index (χ0v) is 9.52. The molecule has 0 aliphatic carbocycles. The predicted molar refractivity (Wildman–Crippen MR) is 58.4 cm³/mol. The lowest BCUT2D eigenvalue weighted by atomic mass is 9.86. The van der Waals surface area contributed by atoms with Gasteiger partial charge < -0.3 is 5.11 Å². The molecule has 0 saturated heterocycles. The molecule has 0 heterocycles. The van der Waals surface area contributed by atoms with Gasteiger partial charge in [-0.25, -0.2) is 0 Å². The molecule has 0 radical (unpaired) electrons. The highest BCUT2D eigenvalue weighted by Gasteiger charge is 2.23. The summed E-state index contributed by atoms with van der Waals surface area (Å²) in [5.74, 6) is -2.43. The van der Waals surface area contributed by atoms with Gasteiger partial charge in [0.15, 0.2) is 0 Å². The highest BCUT2D eigenvalue weighted by atomic mass is 32.2. The number of halogens is 2. The summed E-state index contributed by atoms with van der Waals surface area (Å²) in [7, 11) is 0. The first-order valence-electron chi connectivity index (χ1n) is 4.62. The van der Waals surface area contributed by atoms with E-state index < -0.39 is 11.2 Å². The quantitative estimate of drug-likeness (QED) is 0.804.